The molecule has 0 aromatic rings. The number of aliphatic hydroxyl groups is 2. The number of allylic oxidation sites excluding steroid dienone is 1. The molecule has 5 nitrogen and oxygen atoms in total. The molecule has 32 heavy (non-hydrogen) atoms. The first kappa shape index (κ1) is 24.2. The summed E-state index contributed by atoms with van der Waals surface area (Å²) in [5.41, 5.74) is 3.25. The zero-order chi connectivity index (χ0) is 23.1. The van der Waals surface area contributed by atoms with Crippen molar-refractivity contribution in [3.05, 3.63) is 11.6 Å². The molecule has 8 unspecified atom stereocenters. The second-order valence-corrected chi connectivity index (χ2v) is 12.1. The quantitative estimate of drug-likeness (QED) is 0.302. The molecule has 0 bridgehead atoms. The number of nitrogens with one attached hydrogen (secondary N) is 1. The minimum Gasteiger partial charge on any atom is -0.393 e. The lowest BCUT2D eigenvalue weighted by atomic mass is 9.47. The van der Waals surface area contributed by atoms with Crippen molar-refractivity contribution in [1.29, 1.82) is 0 Å². The number of nitrogens with zero attached hydrogens (tertiary/aromatic N) is 1. The summed E-state index contributed by atoms with van der Waals surface area (Å²) in [7, 11) is 0. The number of fused-ring (bicyclic) bond motifs is 5. The van der Waals surface area contributed by atoms with Crippen LogP contribution in [-0.2, 0) is 4.84 Å². The first-order valence-electron chi connectivity index (χ1n) is 13.1. The predicted molar refractivity (Wildman–Crippen MR) is 129 cm³/mol. The molecule has 0 aromatic carbocycles. The zero-order valence-corrected chi connectivity index (χ0v) is 20.9. The van der Waals surface area contributed by atoms with Crippen molar-refractivity contribution in [2.75, 3.05) is 13.2 Å². The summed E-state index contributed by atoms with van der Waals surface area (Å²) in [5.74, 6) is 2.76. The first-order valence-corrected chi connectivity index (χ1v) is 13.1. The van der Waals surface area contributed by atoms with Crippen LogP contribution in [0.25, 0.3) is 0 Å². The van der Waals surface area contributed by atoms with Crippen LogP contribution in [0.5, 0.6) is 0 Å². The summed E-state index contributed by atoms with van der Waals surface area (Å²) in [6, 6.07) is 0.354. The third-order valence-electron chi connectivity index (χ3n) is 9.82. The fourth-order valence-corrected chi connectivity index (χ4v) is 8.05. The topological polar surface area (TPSA) is 74.1 Å². The molecule has 4 aliphatic rings. The van der Waals surface area contributed by atoms with Crippen molar-refractivity contribution in [2.24, 2.45) is 39.7 Å². The molecule has 5 heteroatoms. The average molecular weight is 447 g/mol. The summed E-state index contributed by atoms with van der Waals surface area (Å²) in [6.45, 7) is 12.1. The zero-order valence-electron chi connectivity index (χ0n) is 20.9. The smallest absolute Gasteiger partial charge is 0.144 e. The molecule has 0 aliphatic heterocycles. The maximum atomic E-state index is 10.2. The van der Waals surface area contributed by atoms with Crippen LogP contribution in [0.1, 0.15) is 86.0 Å². The van der Waals surface area contributed by atoms with Gasteiger partial charge in [0.1, 0.15) is 12.7 Å². The van der Waals surface area contributed by atoms with E-state index in [9.17, 15) is 10.2 Å². The fraction of sp³-hybridized carbons (Fsp3) is 0.889. The largest absolute Gasteiger partial charge is 0.393 e. The van der Waals surface area contributed by atoms with Gasteiger partial charge in [0.05, 0.1) is 11.8 Å². The molecule has 3 fully saturated rings. The Morgan fingerprint density at radius 3 is 2.72 bits per heavy atom. The minimum absolute atomic E-state index is 0.130. The van der Waals surface area contributed by atoms with Crippen molar-refractivity contribution in [1.82, 2.24) is 5.32 Å². The molecule has 4 rings (SSSR count). The Morgan fingerprint density at radius 1 is 1.19 bits per heavy atom. The highest BCUT2D eigenvalue weighted by molar-refractivity contribution is 5.85. The number of rotatable bonds is 7. The number of aliphatic hydroxyl groups excluding tert-OH is 2. The van der Waals surface area contributed by atoms with Crippen molar-refractivity contribution in [2.45, 2.75) is 104 Å². The molecular weight excluding hydrogens is 400 g/mol. The average Bonchev–Trinajstić information content (AvgIpc) is 3.10. The summed E-state index contributed by atoms with van der Waals surface area (Å²) < 4.78 is 0. The summed E-state index contributed by atoms with van der Waals surface area (Å²) in [5, 5.41) is 28.0. The molecule has 3 N–H and O–H groups in total. The lowest BCUT2D eigenvalue weighted by Gasteiger charge is -2.58. The maximum Gasteiger partial charge on any atom is 0.144 e. The monoisotopic (exact) mass is 446 g/mol. The second-order valence-electron chi connectivity index (χ2n) is 12.1. The number of hydrogen-bond donors (Lipinski definition) is 3. The third kappa shape index (κ3) is 4.42. The molecule has 0 radical (unpaired) electrons. The summed E-state index contributed by atoms with van der Waals surface area (Å²) in [4.78, 5) is 5.59. The molecule has 4 aliphatic carbocycles. The van der Waals surface area contributed by atoms with Gasteiger partial charge in [-0.3, -0.25) is 0 Å². The standard InChI is InChI=1S/C27H46N2O3/c1-17(2)28-15-21(31)16-32-29-18(3)23-8-9-24-22-7-6-19-14-20(30)10-12-26(19,4)25(22)11-13-27(23,24)5/h6,17,20-25,28,30-31H,7-16H2,1-5H3/b29-18+. The molecule has 0 heterocycles. The lowest BCUT2D eigenvalue weighted by Crippen LogP contribution is -2.50. The van der Waals surface area contributed by atoms with E-state index in [1.807, 2.05) is 0 Å². The molecule has 0 aromatic heterocycles. The van der Waals surface area contributed by atoms with Crippen molar-refractivity contribution in [3.8, 4) is 0 Å². The van der Waals surface area contributed by atoms with Gasteiger partial charge in [0.25, 0.3) is 0 Å². The minimum atomic E-state index is -0.533. The van der Waals surface area contributed by atoms with Gasteiger partial charge in [0.2, 0.25) is 0 Å². The van der Waals surface area contributed by atoms with Crippen LogP contribution in [0.15, 0.2) is 16.8 Å². The highest BCUT2D eigenvalue weighted by atomic mass is 16.6. The molecule has 0 amide bonds. The van der Waals surface area contributed by atoms with Crippen LogP contribution in [0.2, 0.25) is 0 Å². The van der Waals surface area contributed by atoms with Gasteiger partial charge in [0, 0.05) is 18.5 Å². The fourth-order valence-electron chi connectivity index (χ4n) is 8.05. The van der Waals surface area contributed by atoms with Crippen molar-refractivity contribution in [3.63, 3.8) is 0 Å². The van der Waals surface area contributed by atoms with E-state index in [4.69, 9.17) is 4.84 Å². The van der Waals surface area contributed by atoms with Gasteiger partial charge < -0.3 is 20.4 Å². The second kappa shape index (κ2) is 9.38. The number of hydrogen-bond acceptors (Lipinski definition) is 5. The van der Waals surface area contributed by atoms with Gasteiger partial charge in [0.15, 0.2) is 0 Å². The van der Waals surface area contributed by atoms with E-state index in [1.54, 1.807) is 5.57 Å². The highest BCUT2D eigenvalue weighted by Crippen LogP contribution is 2.66. The molecule has 8 atom stereocenters. The first-order chi connectivity index (χ1) is 15.1. The highest BCUT2D eigenvalue weighted by Gasteiger charge is 2.59. The molecule has 0 saturated heterocycles. The third-order valence-corrected chi connectivity index (χ3v) is 9.82. The van der Waals surface area contributed by atoms with Crippen LogP contribution >= 0.6 is 0 Å². The van der Waals surface area contributed by atoms with Gasteiger partial charge >= 0.3 is 0 Å². The maximum absolute atomic E-state index is 10.2. The normalized spacial score (nSPS) is 42.7. The van der Waals surface area contributed by atoms with Gasteiger partial charge in [-0.2, -0.15) is 0 Å². The Labute approximate surface area is 195 Å². The van der Waals surface area contributed by atoms with E-state index in [-0.39, 0.29) is 12.7 Å². The molecule has 0 spiro atoms. The van der Waals surface area contributed by atoms with Crippen LogP contribution in [0, 0.1) is 34.5 Å². The van der Waals surface area contributed by atoms with Gasteiger partial charge in [-0.05, 0) is 86.9 Å². The van der Waals surface area contributed by atoms with Gasteiger partial charge in [-0.25, -0.2) is 0 Å². The summed E-state index contributed by atoms with van der Waals surface area (Å²) >= 11 is 0. The van der Waals surface area contributed by atoms with Gasteiger partial charge in [-0.15, -0.1) is 0 Å². The Balaban J connectivity index is 1.41. The van der Waals surface area contributed by atoms with E-state index < -0.39 is 6.10 Å². The van der Waals surface area contributed by atoms with Crippen molar-refractivity contribution < 1.29 is 15.1 Å². The van der Waals surface area contributed by atoms with E-state index in [0.29, 0.717) is 29.3 Å². The Bertz CT molecular complexity index is 734. The van der Waals surface area contributed by atoms with Crippen molar-refractivity contribution >= 4 is 5.71 Å². The van der Waals surface area contributed by atoms with E-state index in [0.717, 1.165) is 42.7 Å². The molecular formula is C27H46N2O3. The van der Waals surface area contributed by atoms with E-state index >= 15 is 0 Å². The van der Waals surface area contributed by atoms with Crippen LogP contribution in [0.3, 0.4) is 0 Å². The van der Waals surface area contributed by atoms with Crippen LogP contribution in [-0.4, -0.2) is 47.3 Å². The van der Waals surface area contributed by atoms with E-state index in [1.165, 1.54) is 32.1 Å². The Kier molecular flexibility index (Phi) is 7.10. The summed E-state index contributed by atoms with van der Waals surface area (Å²) in [6.07, 6.45) is 11.1. The van der Waals surface area contributed by atoms with Crippen LogP contribution < -0.4 is 5.32 Å². The Morgan fingerprint density at radius 2 is 1.97 bits per heavy atom. The number of oxime groups is 1. The van der Waals surface area contributed by atoms with Crippen LogP contribution in [0.4, 0.5) is 0 Å². The van der Waals surface area contributed by atoms with Gasteiger partial charge in [-0.1, -0.05) is 44.5 Å². The Hall–Kier alpha value is -0.910. The lowest BCUT2D eigenvalue weighted by molar-refractivity contribution is -0.0428. The van der Waals surface area contributed by atoms with E-state index in [2.05, 4.69) is 51.2 Å². The molecule has 182 valence electrons. The molecule has 3 saturated carbocycles. The predicted octanol–water partition coefficient (Wildman–Crippen LogP) is 4.68. The SMILES string of the molecule is C/C(=N\OCC(O)CNC(C)C)C1CCC2C3CC=C4CC(O)CCC4(C)C3CCC12C.